The van der Waals surface area contributed by atoms with Crippen LogP contribution in [0.25, 0.3) is 0 Å². The molecule has 0 aromatic rings. The summed E-state index contributed by atoms with van der Waals surface area (Å²) in [5, 5.41) is 0. The highest BCUT2D eigenvalue weighted by atomic mass is 16.5. The Labute approximate surface area is 86.3 Å². The van der Waals surface area contributed by atoms with Crippen molar-refractivity contribution in [2.75, 3.05) is 46.5 Å². The molecular formula is C10H22N2O2. The molecule has 0 saturated carbocycles. The number of hydrogen-bond donors (Lipinski definition) is 1. The van der Waals surface area contributed by atoms with Crippen LogP contribution < -0.4 is 5.73 Å². The van der Waals surface area contributed by atoms with Crippen molar-refractivity contribution in [3.63, 3.8) is 0 Å². The van der Waals surface area contributed by atoms with E-state index in [1.807, 2.05) is 0 Å². The lowest BCUT2D eigenvalue weighted by Crippen LogP contribution is -2.31. The monoisotopic (exact) mass is 202 g/mol. The summed E-state index contributed by atoms with van der Waals surface area (Å²) < 4.78 is 10.9. The highest BCUT2D eigenvalue weighted by molar-refractivity contribution is 4.68. The third-order valence-electron chi connectivity index (χ3n) is 2.42. The largest absolute Gasteiger partial charge is 0.379 e. The molecule has 0 aliphatic carbocycles. The lowest BCUT2D eigenvalue weighted by atomic mass is 10.2. The summed E-state index contributed by atoms with van der Waals surface area (Å²) in [6.45, 7) is 4.94. The van der Waals surface area contributed by atoms with E-state index in [1.54, 1.807) is 0 Å². The molecule has 1 atom stereocenters. The minimum atomic E-state index is 0.439. The minimum Gasteiger partial charge on any atom is -0.379 e. The predicted molar refractivity (Wildman–Crippen MR) is 56.3 cm³/mol. The van der Waals surface area contributed by atoms with Gasteiger partial charge in [0.05, 0.1) is 19.3 Å². The Hall–Kier alpha value is -0.160. The van der Waals surface area contributed by atoms with Crippen LogP contribution in [-0.4, -0.2) is 57.5 Å². The summed E-state index contributed by atoms with van der Waals surface area (Å²) in [5.74, 6) is 0. The number of nitrogens with two attached hydrogens (primary N) is 1. The van der Waals surface area contributed by atoms with Crippen LogP contribution in [0.5, 0.6) is 0 Å². The van der Waals surface area contributed by atoms with E-state index < -0.39 is 0 Å². The van der Waals surface area contributed by atoms with E-state index in [0.29, 0.717) is 19.3 Å². The van der Waals surface area contributed by atoms with Crippen molar-refractivity contribution in [2.45, 2.75) is 18.9 Å². The van der Waals surface area contributed by atoms with Crippen molar-refractivity contribution in [1.29, 1.82) is 0 Å². The quantitative estimate of drug-likeness (QED) is 0.594. The second kappa shape index (κ2) is 7.17. The molecular weight excluding hydrogens is 180 g/mol. The Morgan fingerprint density at radius 2 is 2.36 bits per heavy atom. The van der Waals surface area contributed by atoms with Crippen LogP contribution in [0.4, 0.5) is 0 Å². The number of rotatable bonds is 7. The molecule has 1 unspecified atom stereocenters. The second-order valence-electron chi connectivity index (χ2n) is 3.80. The van der Waals surface area contributed by atoms with Crippen LogP contribution in [0.2, 0.25) is 0 Å². The van der Waals surface area contributed by atoms with E-state index in [9.17, 15) is 0 Å². The minimum absolute atomic E-state index is 0.439. The van der Waals surface area contributed by atoms with E-state index in [0.717, 1.165) is 26.3 Å². The van der Waals surface area contributed by atoms with Gasteiger partial charge in [-0.15, -0.1) is 0 Å². The molecule has 0 bridgehead atoms. The molecule has 1 heterocycles. The summed E-state index contributed by atoms with van der Waals surface area (Å²) in [6, 6.07) is 0. The molecule has 84 valence electrons. The summed E-state index contributed by atoms with van der Waals surface area (Å²) in [4.78, 5) is 2.26. The Kier molecular flexibility index (Phi) is 6.10. The van der Waals surface area contributed by atoms with Crippen molar-refractivity contribution >= 4 is 0 Å². The fourth-order valence-corrected chi connectivity index (χ4v) is 1.63. The van der Waals surface area contributed by atoms with Crippen molar-refractivity contribution in [3.8, 4) is 0 Å². The third kappa shape index (κ3) is 4.91. The molecule has 1 fully saturated rings. The molecule has 0 radical (unpaired) electrons. The van der Waals surface area contributed by atoms with Crippen molar-refractivity contribution < 1.29 is 9.47 Å². The van der Waals surface area contributed by atoms with E-state index >= 15 is 0 Å². The van der Waals surface area contributed by atoms with E-state index in [1.165, 1.54) is 12.8 Å². The zero-order chi connectivity index (χ0) is 10.2. The van der Waals surface area contributed by atoms with E-state index in [-0.39, 0.29) is 0 Å². The van der Waals surface area contributed by atoms with Gasteiger partial charge in [0.25, 0.3) is 0 Å². The zero-order valence-electron chi connectivity index (χ0n) is 9.08. The molecule has 0 amide bonds. The summed E-state index contributed by atoms with van der Waals surface area (Å²) in [5.41, 5.74) is 5.32. The Morgan fingerprint density at radius 3 is 3.00 bits per heavy atom. The Balaban J connectivity index is 1.95. The SMILES string of the molecule is CN(CCOCCN)CC1CCCO1. The maximum atomic E-state index is 5.55. The van der Waals surface area contributed by atoms with Gasteiger partial charge in [-0.25, -0.2) is 0 Å². The number of ether oxygens (including phenoxy) is 2. The van der Waals surface area contributed by atoms with Gasteiger partial charge in [0.2, 0.25) is 0 Å². The van der Waals surface area contributed by atoms with Gasteiger partial charge >= 0.3 is 0 Å². The van der Waals surface area contributed by atoms with Crippen LogP contribution in [0.1, 0.15) is 12.8 Å². The van der Waals surface area contributed by atoms with Gasteiger partial charge in [0.15, 0.2) is 0 Å². The van der Waals surface area contributed by atoms with Gasteiger partial charge in [-0.05, 0) is 19.9 Å². The van der Waals surface area contributed by atoms with Crippen molar-refractivity contribution in [3.05, 3.63) is 0 Å². The molecule has 0 spiro atoms. The first-order valence-corrected chi connectivity index (χ1v) is 5.41. The number of hydrogen-bond acceptors (Lipinski definition) is 4. The second-order valence-corrected chi connectivity index (χ2v) is 3.80. The highest BCUT2D eigenvalue weighted by Crippen LogP contribution is 2.12. The first kappa shape index (κ1) is 11.9. The highest BCUT2D eigenvalue weighted by Gasteiger charge is 2.16. The van der Waals surface area contributed by atoms with Gasteiger partial charge in [0.1, 0.15) is 0 Å². The standard InChI is InChI=1S/C10H22N2O2/c1-12(5-8-13-7-4-11)9-10-3-2-6-14-10/h10H,2-9,11H2,1H3. The fourth-order valence-electron chi connectivity index (χ4n) is 1.63. The Morgan fingerprint density at radius 1 is 1.50 bits per heavy atom. The lowest BCUT2D eigenvalue weighted by molar-refractivity contribution is 0.0645. The summed E-state index contributed by atoms with van der Waals surface area (Å²) >= 11 is 0. The van der Waals surface area contributed by atoms with Crippen molar-refractivity contribution in [1.82, 2.24) is 4.90 Å². The molecule has 1 aliphatic rings. The molecule has 4 heteroatoms. The average Bonchev–Trinajstić information content (AvgIpc) is 2.65. The maximum Gasteiger partial charge on any atom is 0.0702 e. The van der Waals surface area contributed by atoms with Gasteiger partial charge in [-0.2, -0.15) is 0 Å². The number of likely N-dealkylation sites (N-methyl/N-ethyl adjacent to an activating group) is 1. The first-order valence-electron chi connectivity index (χ1n) is 5.41. The van der Waals surface area contributed by atoms with Crippen LogP contribution >= 0.6 is 0 Å². The molecule has 1 aliphatic heterocycles. The summed E-state index contributed by atoms with van der Waals surface area (Å²) in [6.07, 6.45) is 2.85. The molecule has 14 heavy (non-hydrogen) atoms. The van der Waals surface area contributed by atoms with Crippen LogP contribution in [0.15, 0.2) is 0 Å². The molecule has 1 saturated heterocycles. The lowest BCUT2D eigenvalue weighted by Gasteiger charge is -2.20. The van der Waals surface area contributed by atoms with Crippen LogP contribution in [0.3, 0.4) is 0 Å². The molecule has 4 nitrogen and oxygen atoms in total. The smallest absolute Gasteiger partial charge is 0.0702 e. The predicted octanol–water partition coefficient (Wildman–Crippen LogP) is 0.0725. The third-order valence-corrected chi connectivity index (χ3v) is 2.42. The summed E-state index contributed by atoms with van der Waals surface area (Å²) in [7, 11) is 2.10. The van der Waals surface area contributed by atoms with Gasteiger partial charge in [-0.1, -0.05) is 0 Å². The first-order chi connectivity index (χ1) is 6.83. The van der Waals surface area contributed by atoms with E-state index in [4.69, 9.17) is 15.2 Å². The normalized spacial score (nSPS) is 22.1. The molecule has 0 aromatic heterocycles. The average molecular weight is 202 g/mol. The molecule has 2 N–H and O–H groups in total. The maximum absolute atomic E-state index is 5.55. The van der Waals surface area contributed by atoms with Gasteiger partial charge in [0, 0.05) is 26.2 Å². The number of nitrogens with zero attached hydrogens (tertiary/aromatic N) is 1. The molecule has 0 aromatic carbocycles. The molecule has 1 rings (SSSR count). The van der Waals surface area contributed by atoms with Crippen molar-refractivity contribution in [2.24, 2.45) is 5.73 Å². The fraction of sp³-hybridized carbons (Fsp3) is 1.00. The topological polar surface area (TPSA) is 47.7 Å². The van der Waals surface area contributed by atoms with Gasteiger partial charge < -0.3 is 20.1 Å². The zero-order valence-corrected chi connectivity index (χ0v) is 9.08. The van der Waals surface area contributed by atoms with Crippen LogP contribution in [-0.2, 0) is 9.47 Å². The van der Waals surface area contributed by atoms with Crippen LogP contribution in [0, 0.1) is 0 Å². The van der Waals surface area contributed by atoms with E-state index in [2.05, 4.69) is 11.9 Å². The van der Waals surface area contributed by atoms with Gasteiger partial charge in [-0.3, -0.25) is 0 Å². The Bertz CT molecular complexity index is 138.